The Labute approximate surface area is 130 Å². The smallest absolute Gasteiger partial charge is 0.220 e. The van der Waals surface area contributed by atoms with E-state index in [0.717, 1.165) is 28.0 Å². The number of hydrogen-bond donors (Lipinski definition) is 1. The van der Waals surface area contributed by atoms with E-state index in [1.807, 2.05) is 42.5 Å². The Kier molecular flexibility index (Phi) is 3.86. The van der Waals surface area contributed by atoms with Gasteiger partial charge in [0, 0.05) is 20.0 Å². The molecule has 2 aromatic carbocycles. The predicted octanol–water partition coefficient (Wildman–Crippen LogP) is 2.64. The van der Waals surface area contributed by atoms with E-state index < -0.39 is 6.10 Å². The van der Waals surface area contributed by atoms with Crippen molar-refractivity contribution in [1.82, 2.24) is 4.90 Å². The van der Waals surface area contributed by atoms with E-state index in [1.165, 1.54) is 0 Å². The van der Waals surface area contributed by atoms with Gasteiger partial charge >= 0.3 is 0 Å². The summed E-state index contributed by atoms with van der Waals surface area (Å²) in [5, 5.41) is 10.5. The number of benzene rings is 2. The van der Waals surface area contributed by atoms with Crippen LogP contribution in [0.25, 0.3) is 0 Å². The van der Waals surface area contributed by atoms with Crippen molar-refractivity contribution in [2.24, 2.45) is 0 Å². The molecule has 0 radical (unpaired) electrons. The molecule has 1 atom stereocenters. The molecule has 4 heteroatoms. The zero-order chi connectivity index (χ0) is 15.7. The highest BCUT2D eigenvalue weighted by molar-refractivity contribution is 5.74. The molecule has 114 valence electrons. The number of carbonyl (C=O) groups excluding carboxylic acids is 1. The van der Waals surface area contributed by atoms with Crippen LogP contribution in [-0.2, 0) is 17.9 Å². The second-order valence-electron chi connectivity index (χ2n) is 5.58. The highest BCUT2D eigenvalue weighted by atomic mass is 16.5. The van der Waals surface area contributed by atoms with Crippen LogP contribution in [0.5, 0.6) is 5.75 Å². The van der Waals surface area contributed by atoms with Crippen LogP contribution in [0, 0.1) is 0 Å². The minimum Gasteiger partial charge on any atom is -0.497 e. The third kappa shape index (κ3) is 2.70. The number of rotatable bonds is 3. The summed E-state index contributed by atoms with van der Waals surface area (Å²) in [7, 11) is 1.62. The molecule has 0 saturated heterocycles. The van der Waals surface area contributed by atoms with Gasteiger partial charge < -0.3 is 14.7 Å². The van der Waals surface area contributed by atoms with Gasteiger partial charge in [-0.25, -0.2) is 0 Å². The summed E-state index contributed by atoms with van der Waals surface area (Å²) in [6.07, 6.45) is -0.678. The van der Waals surface area contributed by atoms with E-state index in [4.69, 9.17) is 4.74 Å². The number of ether oxygens (including phenoxy) is 1. The van der Waals surface area contributed by atoms with E-state index in [1.54, 1.807) is 18.9 Å². The number of aliphatic hydroxyl groups is 1. The van der Waals surface area contributed by atoms with Gasteiger partial charge in [-0.1, -0.05) is 30.3 Å². The van der Waals surface area contributed by atoms with Crippen LogP contribution in [0.2, 0.25) is 0 Å². The molecular weight excluding hydrogens is 278 g/mol. The molecular formula is C18H19NO3. The van der Waals surface area contributed by atoms with Crippen molar-refractivity contribution in [3.63, 3.8) is 0 Å². The largest absolute Gasteiger partial charge is 0.497 e. The first-order valence-electron chi connectivity index (χ1n) is 7.27. The fourth-order valence-corrected chi connectivity index (χ4v) is 2.79. The second-order valence-corrected chi connectivity index (χ2v) is 5.58. The summed E-state index contributed by atoms with van der Waals surface area (Å²) in [5.41, 5.74) is 3.93. The lowest BCUT2D eigenvalue weighted by Crippen LogP contribution is -2.21. The molecule has 1 aliphatic rings. The molecule has 0 spiro atoms. The van der Waals surface area contributed by atoms with Crippen molar-refractivity contribution in [3.05, 3.63) is 64.7 Å². The zero-order valence-corrected chi connectivity index (χ0v) is 12.7. The summed E-state index contributed by atoms with van der Waals surface area (Å²) < 4.78 is 5.13. The third-order valence-corrected chi connectivity index (χ3v) is 4.15. The number of aliphatic hydroxyl groups excluding tert-OH is 1. The number of amides is 1. The Morgan fingerprint density at radius 1 is 1.09 bits per heavy atom. The predicted molar refractivity (Wildman–Crippen MR) is 83.4 cm³/mol. The molecule has 1 unspecified atom stereocenters. The van der Waals surface area contributed by atoms with Gasteiger partial charge in [0.1, 0.15) is 11.9 Å². The minimum absolute atomic E-state index is 0.0773. The van der Waals surface area contributed by atoms with Gasteiger partial charge in [-0.3, -0.25) is 4.79 Å². The van der Waals surface area contributed by atoms with Crippen LogP contribution in [-0.4, -0.2) is 23.0 Å². The van der Waals surface area contributed by atoms with Crippen LogP contribution in [0.15, 0.2) is 42.5 Å². The highest BCUT2D eigenvalue weighted by Gasteiger charge is 2.22. The van der Waals surface area contributed by atoms with Gasteiger partial charge in [0.25, 0.3) is 0 Å². The van der Waals surface area contributed by atoms with Crippen LogP contribution < -0.4 is 4.74 Å². The van der Waals surface area contributed by atoms with Crippen LogP contribution in [0.1, 0.15) is 35.3 Å². The van der Waals surface area contributed by atoms with Gasteiger partial charge in [0.2, 0.25) is 5.91 Å². The number of fused-ring (bicyclic) bond motifs is 1. The Bertz CT molecular complexity index is 694. The first-order chi connectivity index (χ1) is 10.6. The van der Waals surface area contributed by atoms with E-state index in [2.05, 4.69) is 0 Å². The summed E-state index contributed by atoms with van der Waals surface area (Å²) in [4.78, 5) is 13.3. The number of nitrogens with zero attached hydrogens (tertiary/aromatic N) is 1. The Morgan fingerprint density at radius 2 is 1.73 bits per heavy atom. The van der Waals surface area contributed by atoms with Gasteiger partial charge in [-0.05, 0) is 34.4 Å². The van der Waals surface area contributed by atoms with Gasteiger partial charge in [0.05, 0.1) is 7.11 Å². The number of carbonyl (C=O) groups is 1. The molecule has 22 heavy (non-hydrogen) atoms. The first kappa shape index (κ1) is 14.6. The van der Waals surface area contributed by atoms with E-state index in [0.29, 0.717) is 13.1 Å². The fraction of sp³-hybridized carbons (Fsp3) is 0.278. The van der Waals surface area contributed by atoms with E-state index in [9.17, 15) is 9.90 Å². The van der Waals surface area contributed by atoms with Gasteiger partial charge in [0.15, 0.2) is 0 Å². The van der Waals surface area contributed by atoms with E-state index >= 15 is 0 Å². The molecule has 0 saturated carbocycles. The molecule has 3 rings (SSSR count). The van der Waals surface area contributed by atoms with Crippen LogP contribution in [0.3, 0.4) is 0 Å². The molecule has 1 heterocycles. The summed E-state index contributed by atoms with van der Waals surface area (Å²) >= 11 is 0. The highest BCUT2D eigenvalue weighted by Crippen LogP contribution is 2.29. The molecule has 4 nitrogen and oxygen atoms in total. The molecule has 2 aromatic rings. The topological polar surface area (TPSA) is 49.8 Å². The van der Waals surface area contributed by atoms with Crippen molar-refractivity contribution < 1.29 is 14.6 Å². The standard InChI is InChI=1S/C18H19NO3/c1-12(20)19-10-15-4-3-14(9-16(15)11-19)18(21)13-5-7-17(22-2)8-6-13/h3-9,18,21H,10-11H2,1-2H3. The average Bonchev–Trinajstić information content (AvgIpc) is 2.97. The van der Waals surface area contributed by atoms with Crippen molar-refractivity contribution in [2.75, 3.05) is 7.11 Å². The SMILES string of the molecule is COc1ccc(C(O)c2ccc3c(c2)CN(C(C)=O)C3)cc1. The lowest BCUT2D eigenvalue weighted by Gasteiger charge is -2.13. The Morgan fingerprint density at radius 3 is 2.36 bits per heavy atom. The lowest BCUT2D eigenvalue weighted by atomic mass is 9.98. The normalized spacial score (nSPS) is 14.6. The molecule has 0 bridgehead atoms. The summed E-state index contributed by atoms with van der Waals surface area (Å²) in [5.74, 6) is 0.843. The van der Waals surface area contributed by atoms with Crippen LogP contribution >= 0.6 is 0 Å². The van der Waals surface area contributed by atoms with Crippen molar-refractivity contribution >= 4 is 5.91 Å². The molecule has 1 amide bonds. The summed E-state index contributed by atoms with van der Waals surface area (Å²) in [6.45, 7) is 2.86. The van der Waals surface area contributed by atoms with Crippen LogP contribution in [0.4, 0.5) is 0 Å². The van der Waals surface area contributed by atoms with Gasteiger partial charge in [-0.2, -0.15) is 0 Å². The fourth-order valence-electron chi connectivity index (χ4n) is 2.79. The summed E-state index contributed by atoms with van der Waals surface area (Å²) in [6, 6.07) is 13.3. The van der Waals surface area contributed by atoms with Crippen molar-refractivity contribution in [1.29, 1.82) is 0 Å². The maximum Gasteiger partial charge on any atom is 0.220 e. The number of hydrogen-bond acceptors (Lipinski definition) is 3. The maximum absolute atomic E-state index is 11.5. The van der Waals surface area contributed by atoms with E-state index in [-0.39, 0.29) is 5.91 Å². The third-order valence-electron chi connectivity index (χ3n) is 4.15. The molecule has 1 aliphatic heterocycles. The monoisotopic (exact) mass is 297 g/mol. The Balaban J connectivity index is 1.84. The average molecular weight is 297 g/mol. The quantitative estimate of drug-likeness (QED) is 0.947. The van der Waals surface area contributed by atoms with Crippen molar-refractivity contribution in [3.8, 4) is 5.75 Å². The Hall–Kier alpha value is -2.33. The molecule has 0 aliphatic carbocycles. The lowest BCUT2D eigenvalue weighted by molar-refractivity contribution is -0.129. The first-order valence-corrected chi connectivity index (χ1v) is 7.27. The van der Waals surface area contributed by atoms with Crippen molar-refractivity contribution in [2.45, 2.75) is 26.1 Å². The maximum atomic E-state index is 11.5. The molecule has 0 aromatic heterocycles. The zero-order valence-electron chi connectivity index (χ0n) is 12.7. The number of methoxy groups -OCH3 is 1. The second kappa shape index (κ2) is 5.81. The minimum atomic E-state index is -0.678. The van der Waals surface area contributed by atoms with Gasteiger partial charge in [-0.15, -0.1) is 0 Å². The molecule has 0 fully saturated rings. The molecule has 1 N–H and O–H groups in total.